The Morgan fingerprint density at radius 2 is 2.04 bits per heavy atom. The van der Waals surface area contributed by atoms with Gasteiger partial charge >= 0.3 is 0 Å². The van der Waals surface area contributed by atoms with Gasteiger partial charge in [-0.3, -0.25) is 9.59 Å². The van der Waals surface area contributed by atoms with Crippen molar-refractivity contribution in [2.24, 2.45) is 11.7 Å². The maximum absolute atomic E-state index is 12.7. The lowest BCUT2D eigenvalue weighted by Gasteiger charge is -2.39. The minimum atomic E-state index is -0.181. The Balaban J connectivity index is 1.30. The van der Waals surface area contributed by atoms with Gasteiger partial charge in [-0.1, -0.05) is 5.16 Å². The lowest BCUT2D eigenvalue weighted by Crippen LogP contribution is -2.52. The van der Waals surface area contributed by atoms with E-state index in [1.807, 2.05) is 4.90 Å². The maximum Gasteiger partial charge on any atom is 0.273 e. The van der Waals surface area contributed by atoms with E-state index in [1.165, 1.54) is 0 Å². The maximum atomic E-state index is 12.7. The van der Waals surface area contributed by atoms with Crippen molar-refractivity contribution in [1.82, 2.24) is 15.4 Å². The Kier molecular flexibility index (Phi) is 4.73. The third-order valence-electron chi connectivity index (χ3n) is 6.06. The van der Waals surface area contributed by atoms with E-state index in [2.05, 4.69) is 17.4 Å². The molecule has 2 heterocycles. The molecule has 1 aromatic heterocycles. The van der Waals surface area contributed by atoms with Gasteiger partial charge in [0.15, 0.2) is 5.69 Å². The van der Waals surface area contributed by atoms with Crippen LogP contribution in [0.5, 0.6) is 0 Å². The molecule has 1 aliphatic heterocycles. The van der Waals surface area contributed by atoms with Crippen LogP contribution in [0.1, 0.15) is 74.0 Å². The number of likely N-dealkylation sites (tertiary alicyclic amines) is 1. The summed E-state index contributed by atoms with van der Waals surface area (Å²) in [6.07, 6.45) is 6.42. The number of carbonyl (C=O) groups excluding carboxylic acids is 2. The molecule has 2 aliphatic carbocycles. The van der Waals surface area contributed by atoms with Crippen LogP contribution in [0.3, 0.4) is 0 Å². The molecule has 0 aromatic carbocycles. The zero-order chi connectivity index (χ0) is 18.3. The number of hydrogen-bond acceptors (Lipinski definition) is 5. The number of nitrogens with one attached hydrogen (secondary N) is 1. The summed E-state index contributed by atoms with van der Waals surface area (Å²) in [6.45, 7) is 2.75. The monoisotopic (exact) mass is 360 g/mol. The Hall–Kier alpha value is -1.89. The fourth-order valence-corrected chi connectivity index (χ4v) is 4.32. The summed E-state index contributed by atoms with van der Waals surface area (Å²) >= 11 is 0. The zero-order valence-electron chi connectivity index (χ0n) is 15.3. The molecule has 4 atom stereocenters. The van der Waals surface area contributed by atoms with E-state index < -0.39 is 0 Å². The zero-order valence-corrected chi connectivity index (χ0v) is 15.3. The molecule has 4 rings (SSSR count). The topological polar surface area (TPSA) is 101 Å². The molecule has 0 bridgehead atoms. The summed E-state index contributed by atoms with van der Waals surface area (Å²) in [4.78, 5) is 27.1. The van der Waals surface area contributed by atoms with Gasteiger partial charge in [0.1, 0.15) is 5.76 Å². The van der Waals surface area contributed by atoms with E-state index >= 15 is 0 Å². The van der Waals surface area contributed by atoms with E-state index in [0.29, 0.717) is 18.2 Å². The fourth-order valence-electron chi connectivity index (χ4n) is 4.32. The van der Waals surface area contributed by atoms with Gasteiger partial charge in [-0.2, -0.15) is 0 Å². The van der Waals surface area contributed by atoms with Crippen LogP contribution in [0.4, 0.5) is 0 Å². The Labute approximate surface area is 153 Å². The molecule has 2 amide bonds. The van der Waals surface area contributed by atoms with Crippen molar-refractivity contribution in [3.8, 4) is 0 Å². The third kappa shape index (κ3) is 3.63. The summed E-state index contributed by atoms with van der Waals surface area (Å²) in [5, 5.41) is 6.96. The molecule has 7 heteroatoms. The molecule has 3 fully saturated rings. The van der Waals surface area contributed by atoms with Gasteiger partial charge in [0.05, 0.1) is 0 Å². The molecule has 1 unspecified atom stereocenters. The summed E-state index contributed by atoms with van der Waals surface area (Å²) in [6, 6.07) is 2.11. The van der Waals surface area contributed by atoms with Crippen molar-refractivity contribution in [3.05, 3.63) is 17.5 Å². The minimum absolute atomic E-state index is 0.0634. The van der Waals surface area contributed by atoms with Crippen LogP contribution < -0.4 is 11.1 Å². The van der Waals surface area contributed by atoms with Crippen molar-refractivity contribution in [2.45, 2.75) is 75.9 Å². The second-order valence-corrected chi connectivity index (χ2v) is 8.23. The number of hydrogen-bond donors (Lipinski definition) is 2. The lowest BCUT2D eigenvalue weighted by atomic mass is 9.95. The summed E-state index contributed by atoms with van der Waals surface area (Å²) < 4.78 is 5.26. The first-order valence-electron chi connectivity index (χ1n) is 9.84. The molecule has 0 radical (unpaired) electrons. The molecule has 1 aromatic rings. The standard InChI is InChI=1S/C19H28N4O3/c1-11-8-15(6-7-23(11)19(25)13-4-5-14(20)9-13)21-18(24)16-10-17(26-22-16)12-2-3-12/h10-15H,2-9,20H2,1H3,(H,21,24)/t11-,13+,14+,15?/m0/s1. The van der Waals surface area contributed by atoms with Crippen molar-refractivity contribution in [1.29, 1.82) is 0 Å². The average molecular weight is 360 g/mol. The Morgan fingerprint density at radius 3 is 2.69 bits per heavy atom. The van der Waals surface area contributed by atoms with E-state index in [1.54, 1.807) is 6.07 Å². The van der Waals surface area contributed by atoms with Gasteiger partial charge in [0.2, 0.25) is 5.91 Å². The second-order valence-electron chi connectivity index (χ2n) is 8.23. The molecule has 7 nitrogen and oxygen atoms in total. The molecule has 1 saturated heterocycles. The normalized spacial score (nSPS) is 31.8. The van der Waals surface area contributed by atoms with Crippen molar-refractivity contribution in [2.75, 3.05) is 6.54 Å². The number of rotatable bonds is 4. The highest BCUT2D eigenvalue weighted by atomic mass is 16.5. The highest BCUT2D eigenvalue weighted by Crippen LogP contribution is 2.40. The number of nitrogens with two attached hydrogens (primary N) is 1. The molecular weight excluding hydrogens is 332 g/mol. The van der Waals surface area contributed by atoms with Gasteiger partial charge in [-0.05, 0) is 51.9 Å². The number of nitrogens with zero attached hydrogens (tertiary/aromatic N) is 2. The van der Waals surface area contributed by atoms with Crippen molar-refractivity contribution < 1.29 is 14.1 Å². The third-order valence-corrected chi connectivity index (χ3v) is 6.06. The van der Waals surface area contributed by atoms with Crippen molar-refractivity contribution in [3.63, 3.8) is 0 Å². The molecule has 26 heavy (non-hydrogen) atoms. The average Bonchev–Trinajstić information content (AvgIpc) is 3.17. The van der Waals surface area contributed by atoms with Crippen LogP contribution >= 0.6 is 0 Å². The van der Waals surface area contributed by atoms with E-state index in [-0.39, 0.29) is 35.9 Å². The van der Waals surface area contributed by atoms with Crippen LogP contribution in [0.15, 0.2) is 10.6 Å². The van der Waals surface area contributed by atoms with Crippen molar-refractivity contribution >= 4 is 11.8 Å². The van der Waals surface area contributed by atoms with Gasteiger partial charge in [0.25, 0.3) is 5.91 Å². The number of carbonyl (C=O) groups is 2. The molecule has 0 spiro atoms. The molecule has 3 aliphatic rings. The van der Waals surface area contributed by atoms with Crippen LogP contribution in [0.25, 0.3) is 0 Å². The predicted octanol–water partition coefficient (Wildman–Crippen LogP) is 1.79. The minimum Gasteiger partial charge on any atom is -0.360 e. The summed E-state index contributed by atoms with van der Waals surface area (Å²) in [7, 11) is 0. The summed E-state index contributed by atoms with van der Waals surface area (Å²) in [5.41, 5.74) is 6.31. The van der Waals surface area contributed by atoms with Gasteiger partial charge < -0.3 is 20.5 Å². The van der Waals surface area contributed by atoms with Crippen LogP contribution in [-0.2, 0) is 4.79 Å². The first-order chi connectivity index (χ1) is 12.5. The van der Waals surface area contributed by atoms with Gasteiger partial charge in [-0.25, -0.2) is 0 Å². The molecule has 3 N–H and O–H groups in total. The first-order valence-corrected chi connectivity index (χ1v) is 9.84. The Bertz CT molecular complexity index is 684. The lowest BCUT2D eigenvalue weighted by molar-refractivity contribution is -0.139. The Morgan fingerprint density at radius 1 is 1.23 bits per heavy atom. The molecule has 2 saturated carbocycles. The first kappa shape index (κ1) is 17.5. The van der Waals surface area contributed by atoms with Crippen LogP contribution in [-0.4, -0.2) is 46.5 Å². The highest BCUT2D eigenvalue weighted by Gasteiger charge is 2.36. The quantitative estimate of drug-likeness (QED) is 0.852. The van der Waals surface area contributed by atoms with Gasteiger partial charge in [-0.15, -0.1) is 0 Å². The second kappa shape index (κ2) is 7.02. The molecular formula is C19H28N4O3. The number of amides is 2. The van der Waals surface area contributed by atoms with Crippen LogP contribution in [0.2, 0.25) is 0 Å². The van der Waals surface area contributed by atoms with E-state index in [4.69, 9.17) is 10.3 Å². The van der Waals surface area contributed by atoms with Gasteiger partial charge in [0, 0.05) is 42.6 Å². The highest BCUT2D eigenvalue weighted by molar-refractivity contribution is 5.92. The predicted molar refractivity (Wildman–Crippen MR) is 95.5 cm³/mol. The van der Waals surface area contributed by atoms with E-state index in [9.17, 15) is 9.59 Å². The molecule has 142 valence electrons. The largest absolute Gasteiger partial charge is 0.360 e. The SMILES string of the molecule is C[C@H]1CC(NC(=O)c2cc(C3CC3)on2)CCN1C(=O)[C@@H]1CC[C@@H](N)C1. The fraction of sp³-hybridized carbons (Fsp3) is 0.737. The van der Waals surface area contributed by atoms with E-state index in [0.717, 1.165) is 50.7 Å². The smallest absolute Gasteiger partial charge is 0.273 e. The van der Waals surface area contributed by atoms with Crippen LogP contribution in [0, 0.1) is 5.92 Å². The summed E-state index contributed by atoms with van der Waals surface area (Å²) in [5.74, 6) is 1.40. The number of piperidine rings is 1. The number of aromatic nitrogens is 1.